The van der Waals surface area contributed by atoms with E-state index in [0.717, 1.165) is 18.0 Å². The largest absolute Gasteiger partial charge is 0.497 e. The lowest BCUT2D eigenvalue weighted by molar-refractivity contribution is 0.413. The highest BCUT2D eigenvalue weighted by molar-refractivity contribution is 7.99. The maximum absolute atomic E-state index is 5.30. The van der Waals surface area contributed by atoms with Gasteiger partial charge in [-0.3, -0.25) is 0 Å². The first-order valence-corrected chi connectivity index (χ1v) is 7.92. The van der Waals surface area contributed by atoms with Crippen LogP contribution in [0.15, 0.2) is 24.3 Å². The van der Waals surface area contributed by atoms with Crippen molar-refractivity contribution in [3.05, 3.63) is 29.8 Å². The Morgan fingerprint density at radius 2 is 2.11 bits per heavy atom. The molecule has 102 valence electrons. The van der Waals surface area contributed by atoms with Crippen LogP contribution in [-0.2, 0) is 0 Å². The number of thioether (sulfide) groups is 1. The van der Waals surface area contributed by atoms with Crippen molar-refractivity contribution in [2.24, 2.45) is 0 Å². The number of hydrogen-bond donors (Lipinski definition) is 1. The normalized spacial score (nSPS) is 12.4. The van der Waals surface area contributed by atoms with Gasteiger partial charge in [-0.1, -0.05) is 26.0 Å². The molecule has 0 heterocycles. The number of hydrogen-bond acceptors (Lipinski definition) is 3. The topological polar surface area (TPSA) is 21.3 Å². The molecule has 1 aromatic carbocycles. The fourth-order valence-corrected chi connectivity index (χ4v) is 2.80. The summed E-state index contributed by atoms with van der Waals surface area (Å²) in [6, 6.07) is 8.82. The number of benzene rings is 1. The van der Waals surface area contributed by atoms with Gasteiger partial charge in [0, 0.05) is 11.8 Å². The minimum absolute atomic E-state index is 0.427. The van der Waals surface area contributed by atoms with Gasteiger partial charge >= 0.3 is 0 Å². The van der Waals surface area contributed by atoms with Gasteiger partial charge in [0.25, 0.3) is 0 Å². The lowest BCUT2D eigenvalue weighted by Crippen LogP contribution is -2.24. The predicted molar refractivity (Wildman–Crippen MR) is 81.6 cm³/mol. The van der Waals surface area contributed by atoms with E-state index in [4.69, 9.17) is 4.74 Å². The zero-order chi connectivity index (χ0) is 13.2. The van der Waals surface area contributed by atoms with Gasteiger partial charge in [0.1, 0.15) is 5.75 Å². The molecule has 1 aromatic rings. The standard InChI is InChI=1S/C15H25NOS/c1-4-9-16-15(12-18-10-5-2)13-7-6-8-14(11-13)17-3/h6-8,11,15-16H,4-5,9-10,12H2,1-3H3. The second-order valence-electron chi connectivity index (χ2n) is 4.36. The molecule has 0 aliphatic heterocycles. The number of nitrogens with one attached hydrogen (secondary N) is 1. The number of rotatable bonds is 9. The molecule has 0 radical (unpaired) electrons. The Morgan fingerprint density at radius 1 is 1.28 bits per heavy atom. The molecule has 0 fully saturated rings. The van der Waals surface area contributed by atoms with Crippen molar-refractivity contribution in [2.75, 3.05) is 25.2 Å². The van der Waals surface area contributed by atoms with Gasteiger partial charge in [-0.05, 0) is 42.8 Å². The van der Waals surface area contributed by atoms with Gasteiger partial charge in [0.15, 0.2) is 0 Å². The van der Waals surface area contributed by atoms with E-state index < -0.39 is 0 Å². The lowest BCUT2D eigenvalue weighted by atomic mass is 10.1. The Kier molecular flexibility index (Phi) is 7.94. The van der Waals surface area contributed by atoms with Crippen molar-refractivity contribution in [1.29, 1.82) is 0 Å². The summed E-state index contributed by atoms with van der Waals surface area (Å²) in [6.45, 7) is 5.50. The Balaban J connectivity index is 2.66. The van der Waals surface area contributed by atoms with E-state index in [0.29, 0.717) is 6.04 Å². The van der Waals surface area contributed by atoms with E-state index in [1.165, 1.54) is 24.2 Å². The Bertz CT molecular complexity index is 330. The summed E-state index contributed by atoms with van der Waals surface area (Å²) in [5.74, 6) is 3.30. The average Bonchev–Trinajstić information content (AvgIpc) is 2.42. The first-order chi connectivity index (χ1) is 8.81. The summed E-state index contributed by atoms with van der Waals surface area (Å²) >= 11 is 2.02. The van der Waals surface area contributed by atoms with Crippen LogP contribution >= 0.6 is 11.8 Å². The minimum Gasteiger partial charge on any atom is -0.497 e. The zero-order valence-electron chi connectivity index (χ0n) is 11.7. The fourth-order valence-electron chi connectivity index (χ4n) is 1.80. The van der Waals surface area contributed by atoms with Crippen molar-refractivity contribution in [3.63, 3.8) is 0 Å². The molecule has 18 heavy (non-hydrogen) atoms. The van der Waals surface area contributed by atoms with Crippen LogP contribution in [0.25, 0.3) is 0 Å². The summed E-state index contributed by atoms with van der Waals surface area (Å²) in [4.78, 5) is 0. The molecular formula is C15H25NOS. The minimum atomic E-state index is 0.427. The lowest BCUT2D eigenvalue weighted by Gasteiger charge is -2.19. The third kappa shape index (κ3) is 5.32. The molecule has 1 rings (SSSR count). The Hall–Kier alpha value is -0.670. The quantitative estimate of drug-likeness (QED) is 0.686. The highest BCUT2D eigenvalue weighted by atomic mass is 32.2. The third-order valence-electron chi connectivity index (χ3n) is 2.77. The molecule has 0 aromatic heterocycles. The van der Waals surface area contributed by atoms with Gasteiger partial charge in [-0.25, -0.2) is 0 Å². The molecule has 1 atom stereocenters. The molecule has 0 saturated carbocycles. The molecule has 0 amide bonds. The molecular weight excluding hydrogens is 242 g/mol. The molecule has 0 saturated heterocycles. The van der Waals surface area contributed by atoms with Crippen molar-refractivity contribution in [2.45, 2.75) is 32.7 Å². The highest BCUT2D eigenvalue weighted by Crippen LogP contribution is 2.22. The first-order valence-electron chi connectivity index (χ1n) is 6.76. The van der Waals surface area contributed by atoms with Crippen molar-refractivity contribution < 1.29 is 4.74 Å². The highest BCUT2D eigenvalue weighted by Gasteiger charge is 2.11. The molecule has 0 aliphatic rings. The molecule has 1 unspecified atom stereocenters. The molecule has 0 bridgehead atoms. The fraction of sp³-hybridized carbons (Fsp3) is 0.600. The molecule has 3 heteroatoms. The maximum Gasteiger partial charge on any atom is 0.119 e. The van der Waals surface area contributed by atoms with Gasteiger partial charge in [-0.15, -0.1) is 0 Å². The molecule has 0 aliphatic carbocycles. The monoisotopic (exact) mass is 267 g/mol. The van der Waals surface area contributed by atoms with Crippen LogP contribution < -0.4 is 10.1 Å². The summed E-state index contributed by atoms with van der Waals surface area (Å²) in [6.07, 6.45) is 2.40. The molecule has 1 N–H and O–H groups in total. The summed E-state index contributed by atoms with van der Waals surface area (Å²) in [5, 5.41) is 3.62. The summed E-state index contributed by atoms with van der Waals surface area (Å²) < 4.78 is 5.30. The number of ether oxygens (including phenoxy) is 1. The maximum atomic E-state index is 5.30. The third-order valence-corrected chi connectivity index (χ3v) is 4.04. The van der Waals surface area contributed by atoms with Gasteiger partial charge in [-0.2, -0.15) is 11.8 Å². The first kappa shape index (κ1) is 15.4. The van der Waals surface area contributed by atoms with Crippen LogP contribution in [0.3, 0.4) is 0 Å². The van der Waals surface area contributed by atoms with Crippen LogP contribution in [0.5, 0.6) is 5.75 Å². The van der Waals surface area contributed by atoms with E-state index >= 15 is 0 Å². The van der Waals surface area contributed by atoms with Gasteiger partial charge in [0.2, 0.25) is 0 Å². The van der Waals surface area contributed by atoms with Crippen LogP contribution in [0.4, 0.5) is 0 Å². The van der Waals surface area contributed by atoms with Crippen molar-refractivity contribution >= 4 is 11.8 Å². The van der Waals surface area contributed by atoms with Crippen LogP contribution in [-0.4, -0.2) is 25.2 Å². The average molecular weight is 267 g/mol. The number of methoxy groups -OCH3 is 1. The van der Waals surface area contributed by atoms with E-state index in [9.17, 15) is 0 Å². The summed E-state index contributed by atoms with van der Waals surface area (Å²) in [7, 11) is 1.72. The Morgan fingerprint density at radius 3 is 2.78 bits per heavy atom. The van der Waals surface area contributed by atoms with Crippen molar-refractivity contribution in [1.82, 2.24) is 5.32 Å². The Labute approximate surface area is 116 Å². The second-order valence-corrected chi connectivity index (χ2v) is 5.51. The van der Waals surface area contributed by atoms with Crippen LogP contribution in [0, 0.1) is 0 Å². The van der Waals surface area contributed by atoms with Gasteiger partial charge < -0.3 is 10.1 Å². The van der Waals surface area contributed by atoms with E-state index in [-0.39, 0.29) is 0 Å². The zero-order valence-corrected chi connectivity index (χ0v) is 12.6. The predicted octanol–water partition coefficient (Wildman–Crippen LogP) is 3.88. The van der Waals surface area contributed by atoms with E-state index in [1.54, 1.807) is 7.11 Å². The SMILES string of the molecule is CCCNC(CSCCC)c1cccc(OC)c1. The van der Waals surface area contributed by atoms with E-state index in [2.05, 4.69) is 37.4 Å². The second kappa shape index (κ2) is 9.29. The van der Waals surface area contributed by atoms with Gasteiger partial charge in [0.05, 0.1) is 7.11 Å². The van der Waals surface area contributed by atoms with Crippen LogP contribution in [0.2, 0.25) is 0 Å². The summed E-state index contributed by atoms with van der Waals surface area (Å²) in [5.41, 5.74) is 1.33. The van der Waals surface area contributed by atoms with Crippen LogP contribution in [0.1, 0.15) is 38.3 Å². The molecule has 0 spiro atoms. The van der Waals surface area contributed by atoms with Crippen molar-refractivity contribution in [3.8, 4) is 5.75 Å². The smallest absolute Gasteiger partial charge is 0.119 e. The van der Waals surface area contributed by atoms with E-state index in [1.807, 2.05) is 17.8 Å². The molecule has 2 nitrogen and oxygen atoms in total.